The maximum atomic E-state index is 13.5. The minimum Gasteiger partial charge on any atom is -0.310 e. The van der Waals surface area contributed by atoms with Crippen LogP contribution in [-0.4, -0.2) is 37.0 Å². The fourth-order valence-corrected chi connectivity index (χ4v) is 3.95. The lowest BCUT2D eigenvalue weighted by Crippen LogP contribution is -2.26. The monoisotopic (exact) mass is 413 g/mol. The fourth-order valence-electron chi connectivity index (χ4n) is 3.95. The summed E-state index contributed by atoms with van der Waals surface area (Å²) in [5.41, 5.74) is 4.49. The van der Waals surface area contributed by atoms with Crippen molar-refractivity contribution in [2.75, 3.05) is 5.32 Å². The SMILES string of the molecule is CC(=O)Nc1cn2nc(-c3c(-c4ccc(F)cc4)nn4c3CB(C#N)CC4)ccc2n1. The number of anilines is 1. The summed E-state index contributed by atoms with van der Waals surface area (Å²) >= 11 is 0. The number of aryl methyl sites for hydroxylation is 1. The second kappa shape index (κ2) is 7.36. The Morgan fingerprint density at radius 2 is 2.03 bits per heavy atom. The Labute approximate surface area is 177 Å². The molecule has 0 saturated carbocycles. The number of hydrogen-bond acceptors (Lipinski definition) is 5. The van der Waals surface area contributed by atoms with Crippen molar-refractivity contribution in [2.24, 2.45) is 0 Å². The highest BCUT2D eigenvalue weighted by Gasteiger charge is 2.30. The third kappa shape index (κ3) is 3.44. The summed E-state index contributed by atoms with van der Waals surface area (Å²) in [6.45, 7) is 1.97. The predicted molar refractivity (Wildman–Crippen MR) is 114 cm³/mol. The fraction of sp³-hybridized carbons (Fsp3) is 0.190. The molecule has 5 rings (SSSR count). The number of amides is 1. The summed E-state index contributed by atoms with van der Waals surface area (Å²) in [5.74, 6) is 2.25. The first-order valence-electron chi connectivity index (χ1n) is 9.91. The number of nitrogens with zero attached hydrogens (tertiary/aromatic N) is 6. The molecule has 0 bridgehead atoms. The molecular weight excluding hydrogens is 396 g/mol. The molecule has 31 heavy (non-hydrogen) atoms. The van der Waals surface area contributed by atoms with Crippen molar-refractivity contribution in [3.8, 4) is 28.5 Å². The molecule has 0 radical (unpaired) electrons. The lowest BCUT2D eigenvalue weighted by atomic mass is 9.44. The molecule has 0 spiro atoms. The van der Waals surface area contributed by atoms with Gasteiger partial charge in [-0.1, -0.05) is 0 Å². The summed E-state index contributed by atoms with van der Waals surface area (Å²) < 4.78 is 17.0. The van der Waals surface area contributed by atoms with Gasteiger partial charge in [0.05, 0.1) is 17.5 Å². The molecule has 1 aliphatic rings. The van der Waals surface area contributed by atoms with Crippen LogP contribution in [0.5, 0.6) is 0 Å². The summed E-state index contributed by atoms with van der Waals surface area (Å²) in [6.07, 6.45) is 2.95. The summed E-state index contributed by atoms with van der Waals surface area (Å²) in [5, 5.41) is 21.6. The van der Waals surface area contributed by atoms with E-state index < -0.39 is 0 Å². The van der Waals surface area contributed by atoms with Gasteiger partial charge >= 0.3 is 0 Å². The molecule has 0 aliphatic carbocycles. The number of fused-ring (bicyclic) bond motifs is 2. The van der Waals surface area contributed by atoms with Gasteiger partial charge in [0.1, 0.15) is 11.5 Å². The number of aromatic nitrogens is 5. The van der Waals surface area contributed by atoms with E-state index in [4.69, 9.17) is 10.2 Å². The Bertz CT molecular complexity index is 1350. The summed E-state index contributed by atoms with van der Waals surface area (Å²) in [7, 11) is 0. The quantitative estimate of drug-likeness (QED) is 0.521. The Kier molecular flexibility index (Phi) is 4.51. The van der Waals surface area contributed by atoms with Crippen LogP contribution in [-0.2, 0) is 17.7 Å². The number of carbonyl (C=O) groups excluding carboxylic acids is 1. The Morgan fingerprint density at radius 3 is 2.77 bits per heavy atom. The smallest absolute Gasteiger partial charge is 0.275 e. The van der Waals surface area contributed by atoms with E-state index >= 15 is 0 Å². The van der Waals surface area contributed by atoms with Crippen LogP contribution in [0.1, 0.15) is 12.6 Å². The van der Waals surface area contributed by atoms with Crippen LogP contribution in [0.4, 0.5) is 10.2 Å². The van der Waals surface area contributed by atoms with Gasteiger partial charge in [-0.3, -0.25) is 9.48 Å². The summed E-state index contributed by atoms with van der Waals surface area (Å²) in [6, 6.07) is 9.86. The van der Waals surface area contributed by atoms with E-state index in [1.54, 1.807) is 22.8 Å². The van der Waals surface area contributed by atoms with Crippen molar-refractivity contribution in [2.45, 2.75) is 26.1 Å². The normalized spacial score (nSPS) is 13.1. The molecule has 8 nitrogen and oxygen atoms in total. The second-order valence-electron chi connectivity index (χ2n) is 7.55. The molecule has 0 unspecified atom stereocenters. The Morgan fingerprint density at radius 1 is 1.23 bits per heavy atom. The van der Waals surface area contributed by atoms with Gasteiger partial charge in [0.15, 0.2) is 11.5 Å². The number of hydrogen-bond donors (Lipinski definition) is 1. The molecule has 1 N–H and O–H groups in total. The maximum absolute atomic E-state index is 13.5. The third-order valence-electron chi connectivity index (χ3n) is 5.37. The lowest BCUT2D eigenvalue weighted by molar-refractivity contribution is -0.114. The zero-order chi connectivity index (χ0) is 21.5. The first-order valence-corrected chi connectivity index (χ1v) is 9.91. The molecule has 1 aromatic carbocycles. The van der Waals surface area contributed by atoms with E-state index in [-0.39, 0.29) is 18.4 Å². The van der Waals surface area contributed by atoms with Gasteiger partial charge in [0.25, 0.3) is 6.71 Å². The van der Waals surface area contributed by atoms with Gasteiger partial charge in [0.2, 0.25) is 5.91 Å². The van der Waals surface area contributed by atoms with E-state index in [1.165, 1.54) is 19.1 Å². The number of nitrogens with one attached hydrogen (secondary N) is 1. The van der Waals surface area contributed by atoms with Crippen LogP contribution in [0, 0.1) is 17.0 Å². The molecule has 10 heteroatoms. The van der Waals surface area contributed by atoms with Crippen LogP contribution < -0.4 is 5.32 Å². The molecule has 0 fully saturated rings. The molecule has 4 aromatic rings. The van der Waals surface area contributed by atoms with Crippen molar-refractivity contribution in [1.82, 2.24) is 24.4 Å². The highest BCUT2D eigenvalue weighted by atomic mass is 19.1. The minimum atomic E-state index is -0.317. The number of benzene rings is 1. The largest absolute Gasteiger partial charge is 0.310 e. The number of nitriles is 1. The van der Waals surface area contributed by atoms with Crippen LogP contribution in [0.25, 0.3) is 28.2 Å². The van der Waals surface area contributed by atoms with Crippen molar-refractivity contribution in [1.29, 1.82) is 5.26 Å². The van der Waals surface area contributed by atoms with E-state index in [0.717, 1.165) is 23.1 Å². The van der Waals surface area contributed by atoms with Gasteiger partial charge < -0.3 is 5.32 Å². The maximum Gasteiger partial charge on any atom is 0.275 e. The standard InChI is InChI=1S/C21H17BFN7O/c1-13(31)25-18-11-30-19(26-18)7-6-16(27-30)20-17-10-22(12-24)8-9-29(17)28-21(20)14-2-4-15(23)5-3-14/h2-7,11H,8-10H2,1H3,(H,25,31). The number of rotatable bonds is 3. The van der Waals surface area contributed by atoms with Gasteiger partial charge in [-0.2, -0.15) is 10.2 Å². The number of halogens is 1. The van der Waals surface area contributed by atoms with E-state index in [2.05, 4.69) is 16.3 Å². The molecule has 152 valence electrons. The summed E-state index contributed by atoms with van der Waals surface area (Å²) in [4.78, 5) is 15.7. The van der Waals surface area contributed by atoms with Gasteiger partial charge in [-0.15, -0.1) is 0 Å². The number of imidazole rings is 1. The van der Waals surface area contributed by atoms with Crippen LogP contribution in [0.3, 0.4) is 0 Å². The van der Waals surface area contributed by atoms with Crippen molar-refractivity contribution < 1.29 is 9.18 Å². The highest BCUT2D eigenvalue weighted by Crippen LogP contribution is 2.36. The van der Waals surface area contributed by atoms with Gasteiger partial charge in [-0.05, 0) is 49.0 Å². The lowest BCUT2D eigenvalue weighted by Gasteiger charge is -2.16. The van der Waals surface area contributed by atoms with Crippen LogP contribution in [0.2, 0.25) is 6.32 Å². The second-order valence-corrected chi connectivity index (χ2v) is 7.55. The van der Waals surface area contributed by atoms with Crippen molar-refractivity contribution in [3.63, 3.8) is 0 Å². The van der Waals surface area contributed by atoms with E-state index in [0.29, 0.717) is 35.7 Å². The average Bonchev–Trinajstić information content (AvgIpc) is 3.33. The Hall–Kier alpha value is -4.00. The molecular formula is C21H17BFN7O. The molecule has 1 aliphatic heterocycles. The topological polar surface area (TPSA) is 101 Å². The minimum absolute atomic E-state index is 0.0904. The van der Waals surface area contributed by atoms with Gasteiger partial charge in [0, 0.05) is 30.7 Å². The highest BCUT2D eigenvalue weighted by molar-refractivity contribution is 6.66. The molecule has 1 amide bonds. The molecule has 0 saturated heterocycles. The van der Waals surface area contributed by atoms with E-state index in [1.807, 2.05) is 16.8 Å². The van der Waals surface area contributed by atoms with Gasteiger partial charge in [-0.25, -0.2) is 19.2 Å². The third-order valence-corrected chi connectivity index (χ3v) is 5.37. The van der Waals surface area contributed by atoms with Crippen molar-refractivity contribution >= 4 is 24.1 Å². The molecule has 4 heterocycles. The molecule has 3 aromatic heterocycles. The van der Waals surface area contributed by atoms with Crippen LogP contribution >= 0.6 is 0 Å². The zero-order valence-corrected chi connectivity index (χ0v) is 16.7. The molecule has 0 atom stereocenters. The predicted octanol–water partition coefficient (Wildman–Crippen LogP) is 3.01. The first kappa shape index (κ1) is 19.0. The Balaban J connectivity index is 1.68. The average molecular weight is 413 g/mol. The van der Waals surface area contributed by atoms with Crippen molar-refractivity contribution in [3.05, 3.63) is 54.1 Å². The van der Waals surface area contributed by atoms with E-state index in [9.17, 15) is 14.4 Å². The van der Waals surface area contributed by atoms with Crippen LogP contribution in [0.15, 0.2) is 42.6 Å². The first-order chi connectivity index (χ1) is 15.0. The number of carbonyl (C=O) groups is 1. The zero-order valence-electron chi connectivity index (χ0n) is 16.7.